The normalized spacial score (nSPS) is 25.6. The number of rotatable bonds is 7. The number of hydrogen-bond acceptors (Lipinski definition) is 13. The number of ether oxygens (including phenoxy) is 1. The molecule has 1 aliphatic rings. The molecule has 0 amide bonds. The lowest BCUT2D eigenvalue weighted by Crippen LogP contribution is -2.60. The summed E-state index contributed by atoms with van der Waals surface area (Å²) in [5.41, 5.74) is 1.18. The van der Waals surface area contributed by atoms with E-state index in [0.29, 0.717) is 31.3 Å². The number of anilines is 1. The number of carbonyl (C=O) groups is 1. The van der Waals surface area contributed by atoms with E-state index in [9.17, 15) is 25.2 Å². The summed E-state index contributed by atoms with van der Waals surface area (Å²) in [6.45, 7) is 1.31. The van der Waals surface area contributed by atoms with E-state index < -0.39 is 37.1 Å². The number of ketones is 1. The van der Waals surface area contributed by atoms with Gasteiger partial charge < -0.3 is 30.5 Å². The second-order valence-corrected chi connectivity index (χ2v) is 9.16. The molecule has 170 valence electrons. The first-order chi connectivity index (χ1) is 15.4. The predicted octanol–water partition coefficient (Wildman–Crippen LogP) is -0.150. The monoisotopic (exact) mass is 479 g/mol. The van der Waals surface area contributed by atoms with Crippen molar-refractivity contribution in [3.63, 3.8) is 0 Å². The highest BCUT2D eigenvalue weighted by Crippen LogP contribution is 2.30. The molecule has 1 fully saturated rings. The van der Waals surface area contributed by atoms with Gasteiger partial charge in [-0.3, -0.25) is 14.8 Å². The topological polar surface area (TPSA) is 171 Å². The van der Waals surface area contributed by atoms with Crippen LogP contribution in [0.4, 0.5) is 5.13 Å². The van der Waals surface area contributed by atoms with E-state index in [0.717, 1.165) is 11.3 Å². The van der Waals surface area contributed by atoms with Crippen LogP contribution in [-0.2, 0) is 4.74 Å². The molecule has 3 unspecified atom stereocenters. The number of aryl methyl sites for hydroxylation is 1. The molecule has 5 atom stereocenters. The minimum Gasteiger partial charge on any atom is -0.394 e. The van der Waals surface area contributed by atoms with Crippen LogP contribution in [0.2, 0.25) is 0 Å². The summed E-state index contributed by atoms with van der Waals surface area (Å²) in [4.78, 5) is 30.7. The van der Waals surface area contributed by atoms with Crippen molar-refractivity contribution in [1.82, 2.24) is 19.9 Å². The van der Waals surface area contributed by atoms with Gasteiger partial charge in [0.15, 0.2) is 5.13 Å². The molecule has 0 radical (unpaired) electrons. The van der Waals surface area contributed by atoms with Crippen molar-refractivity contribution in [2.24, 2.45) is 0 Å². The lowest BCUT2D eigenvalue weighted by molar-refractivity contribution is -0.225. The van der Waals surface area contributed by atoms with Crippen LogP contribution in [0.3, 0.4) is 0 Å². The molecule has 32 heavy (non-hydrogen) atoms. The van der Waals surface area contributed by atoms with Crippen LogP contribution in [0.1, 0.15) is 20.2 Å². The average molecular weight is 480 g/mol. The Kier molecular flexibility index (Phi) is 6.85. The minimum atomic E-state index is -1.45. The molecule has 4 heterocycles. The average Bonchev–Trinajstić information content (AvgIpc) is 3.44. The summed E-state index contributed by atoms with van der Waals surface area (Å²) < 4.78 is 5.46. The number of aliphatic hydroxyl groups is 4. The second-order valence-electron chi connectivity index (χ2n) is 7.13. The number of thiazole rings is 2. The highest BCUT2D eigenvalue weighted by atomic mass is 32.1. The lowest BCUT2D eigenvalue weighted by Gasteiger charge is -2.40. The Balaban J connectivity index is 1.43. The van der Waals surface area contributed by atoms with Gasteiger partial charge in [-0.1, -0.05) is 11.3 Å². The van der Waals surface area contributed by atoms with E-state index in [1.165, 1.54) is 17.5 Å². The van der Waals surface area contributed by atoms with Gasteiger partial charge in [0, 0.05) is 18.9 Å². The van der Waals surface area contributed by atoms with Crippen LogP contribution in [0, 0.1) is 6.92 Å². The van der Waals surface area contributed by atoms with Gasteiger partial charge in [-0.15, -0.1) is 11.3 Å². The van der Waals surface area contributed by atoms with E-state index >= 15 is 0 Å². The van der Waals surface area contributed by atoms with Gasteiger partial charge in [0.2, 0.25) is 5.78 Å². The number of nitrogens with one attached hydrogen (secondary N) is 1. The van der Waals surface area contributed by atoms with Gasteiger partial charge >= 0.3 is 0 Å². The van der Waals surface area contributed by atoms with Crippen molar-refractivity contribution in [2.45, 2.75) is 37.4 Å². The molecule has 0 spiro atoms. The number of aliphatic hydroxyl groups excluding tert-OH is 4. The van der Waals surface area contributed by atoms with Crippen LogP contribution >= 0.6 is 22.7 Å². The van der Waals surface area contributed by atoms with Gasteiger partial charge in [0.25, 0.3) is 0 Å². The van der Waals surface area contributed by atoms with Crippen LogP contribution in [0.5, 0.6) is 0 Å². The Morgan fingerprint density at radius 2 is 1.88 bits per heavy atom. The summed E-state index contributed by atoms with van der Waals surface area (Å²) in [6.07, 6.45) is 0.0861. The third-order valence-electron chi connectivity index (χ3n) is 4.96. The Hall–Kier alpha value is -2.39. The highest BCUT2D eigenvalue weighted by Gasteiger charge is 2.43. The molecule has 3 aromatic heterocycles. The standard InChI is InChI=1S/C19H21N5O6S2/c1-8-17(32-18(24-8)9-4-20-2-3-21-9)15(28)12-6-23-19(31-12)22-5-10-13(26)16(29)14(27)11(7-25)30-10/h2-4,6,10-11,13-14,16,25-27,29H,5,7H2,1H3,(H,22,23)/t10-,11?,13?,14-,16?/m1/s1. The fourth-order valence-electron chi connectivity index (χ4n) is 3.23. The van der Waals surface area contributed by atoms with Crippen molar-refractivity contribution in [1.29, 1.82) is 0 Å². The lowest BCUT2D eigenvalue weighted by atomic mass is 9.95. The van der Waals surface area contributed by atoms with Gasteiger partial charge in [-0.2, -0.15) is 0 Å². The zero-order valence-corrected chi connectivity index (χ0v) is 18.5. The van der Waals surface area contributed by atoms with Crippen LogP contribution in [0.25, 0.3) is 10.7 Å². The molecular weight excluding hydrogens is 458 g/mol. The van der Waals surface area contributed by atoms with Gasteiger partial charge in [0.1, 0.15) is 41.2 Å². The summed E-state index contributed by atoms with van der Waals surface area (Å²) >= 11 is 2.36. The Morgan fingerprint density at radius 1 is 1.09 bits per heavy atom. The molecule has 0 aromatic carbocycles. The van der Waals surface area contributed by atoms with Gasteiger partial charge in [-0.25, -0.2) is 9.97 Å². The molecule has 4 rings (SSSR count). The van der Waals surface area contributed by atoms with Gasteiger partial charge in [0.05, 0.1) is 34.4 Å². The molecule has 0 aliphatic carbocycles. The number of hydrogen-bond donors (Lipinski definition) is 5. The largest absolute Gasteiger partial charge is 0.394 e. The fraction of sp³-hybridized carbons (Fsp3) is 0.421. The molecule has 1 saturated heterocycles. The smallest absolute Gasteiger partial charge is 0.216 e. The highest BCUT2D eigenvalue weighted by molar-refractivity contribution is 7.20. The molecule has 5 N–H and O–H groups in total. The number of aromatic nitrogens is 4. The Bertz CT molecular complexity index is 1080. The van der Waals surface area contributed by atoms with Crippen LogP contribution in [0.15, 0.2) is 24.8 Å². The maximum Gasteiger partial charge on any atom is 0.216 e. The maximum atomic E-state index is 13.0. The van der Waals surface area contributed by atoms with E-state index in [1.807, 2.05) is 0 Å². The van der Waals surface area contributed by atoms with Crippen molar-refractivity contribution >= 4 is 33.6 Å². The summed E-state index contributed by atoms with van der Waals surface area (Å²) in [6, 6.07) is 0. The third-order valence-corrected chi connectivity index (χ3v) is 7.09. The number of nitrogens with zero attached hydrogens (tertiary/aromatic N) is 4. The molecule has 0 saturated carbocycles. The number of carbonyl (C=O) groups excluding carboxylic acids is 1. The zero-order valence-electron chi connectivity index (χ0n) is 16.8. The Labute approximate surface area is 190 Å². The van der Waals surface area contributed by atoms with E-state index in [2.05, 4.69) is 25.3 Å². The molecular formula is C19H21N5O6S2. The van der Waals surface area contributed by atoms with Crippen LogP contribution < -0.4 is 5.32 Å². The van der Waals surface area contributed by atoms with Gasteiger partial charge in [-0.05, 0) is 6.92 Å². The van der Waals surface area contributed by atoms with Crippen molar-refractivity contribution in [2.75, 3.05) is 18.5 Å². The van der Waals surface area contributed by atoms with E-state index in [1.54, 1.807) is 25.5 Å². The first-order valence-corrected chi connectivity index (χ1v) is 11.3. The summed E-state index contributed by atoms with van der Waals surface area (Å²) in [5, 5.41) is 43.1. The first-order valence-electron chi connectivity index (χ1n) is 9.67. The third kappa shape index (κ3) is 4.54. The zero-order chi connectivity index (χ0) is 22.8. The molecule has 1 aliphatic heterocycles. The first kappa shape index (κ1) is 22.8. The maximum absolute atomic E-state index is 13.0. The van der Waals surface area contributed by atoms with E-state index in [-0.39, 0.29) is 12.3 Å². The Morgan fingerprint density at radius 3 is 2.59 bits per heavy atom. The fourth-order valence-corrected chi connectivity index (χ4v) is 5.05. The molecule has 13 heteroatoms. The predicted molar refractivity (Wildman–Crippen MR) is 116 cm³/mol. The second kappa shape index (κ2) is 9.62. The summed E-state index contributed by atoms with van der Waals surface area (Å²) in [7, 11) is 0. The van der Waals surface area contributed by atoms with Crippen molar-refractivity contribution in [3.05, 3.63) is 40.2 Å². The molecule has 11 nitrogen and oxygen atoms in total. The molecule has 3 aromatic rings. The van der Waals surface area contributed by atoms with Crippen molar-refractivity contribution in [3.8, 4) is 10.7 Å². The van der Waals surface area contributed by atoms with Crippen LogP contribution in [-0.4, -0.2) is 89.8 Å². The van der Waals surface area contributed by atoms with E-state index in [4.69, 9.17) is 4.74 Å². The molecule has 0 bridgehead atoms. The quantitative estimate of drug-likeness (QED) is 0.285. The summed E-state index contributed by atoms with van der Waals surface area (Å²) in [5.74, 6) is -0.214. The minimum absolute atomic E-state index is 0.0546. The SMILES string of the molecule is Cc1nc(-c2cnccn2)sc1C(=O)c1cnc(NC[C@H]2OC(CO)[C@@H](O)C(O)C2O)s1. The van der Waals surface area contributed by atoms with Crippen molar-refractivity contribution < 1.29 is 30.0 Å².